The number of hydrogen-bond donors (Lipinski definition) is 0. The average Bonchev–Trinajstić information content (AvgIpc) is 2.74. The summed E-state index contributed by atoms with van der Waals surface area (Å²) < 4.78 is 37.5. The van der Waals surface area contributed by atoms with E-state index >= 15 is 0 Å². The minimum Gasteiger partial charge on any atom is -0.497 e. The van der Waals surface area contributed by atoms with Gasteiger partial charge >= 0.3 is 5.97 Å². The van der Waals surface area contributed by atoms with Crippen molar-refractivity contribution in [2.24, 2.45) is 0 Å². The van der Waals surface area contributed by atoms with E-state index < -0.39 is 16.0 Å². The van der Waals surface area contributed by atoms with Crippen molar-refractivity contribution in [1.29, 1.82) is 0 Å². The number of sulfonamides is 1. The molecule has 1 aliphatic heterocycles. The Morgan fingerprint density at radius 1 is 1.03 bits per heavy atom. The standard InChI is InChI=1S/C21H26N2O5S/c1-3-28-21(24)18-7-9-20(10-8-18)29(25,26)23-13-11-22(12-14-23)16-17-5-4-6-19(15-17)27-2/h4-10,15H,3,11-14,16H2,1-2H3. The van der Waals surface area contributed by atoms with Crippen LogP contribution < -0.4 is 4.74 Å². The number of ether oxygens (including phenoxy) is 2. The summed E-state index contributed by atoms with van der Waals surface area (Å²) in [5, 5.41) is 0. The monoisotopic (exact) mass is 418 g/mol. The minimum atomic E-state index is -3.59. The Bertz CT molecular complexity index is 936. The molecular weight excluding hydrogens is 392 g/mol. The maximum Gasteiger partial charge on any atom is 0.338 e. The quantitative estimate of drug-likeness (QED) is 0.643. The van der Waals surface area contributed by atoms with E-state index in [1.165, 1.54) is 28.6 Å². The molecule has 0 N–H and O–H groups in total. The van der Waals surface area contributed by atoms with E-state index in [9.17, 15) is 13.2 Å². The van der Waals surface area contributed by atoms with Gasteiger partial charge in [0.05, 0.1) is 24.2 Å². The highest BCUT2D eigenvalue weighted by Gasteiger charge is 2.28. The SMILES string of the molecule is CCOC(=O)c1ccc(S(=O)(=O)N2CCN(Cc3cccc(OC)c3)CC2)cc1. The van der Waals surface area contributed by atoms with Gasteiger partial charge in [-0.25, -0.2) is 13.2 Å². The number of carbonyl (C=O) groups is 1. The van der Waals surface area contributed by atoms with Crippen LogP contribution in [0.1, 0.15) is 22.8 Å². The molecule has 1 aliphatic rings. The molecule has 2 aromatic carbocycles. The van der Waals surface area contributed by atoms with Crippen LogP contribution in [0.25, 0.3) is 0 Å². The van der Waals surface area contributed by atoms with Crippen LogP contribution in [0.5, 0.6) is 5.75 Å². The first-order valence-corrected chi connectivity index (χ1v) is 11.0. The van der Waals surface area contributed by atoms with Gasteiger partial charge in [0, 0.05) is 32.7 Å². The molecule has 1 heterocycles. The first kappa shape index (κ1) is 21.3. The largest absolute Gasteiger partial charge is 0.497 e. The van der Waals surface area contributed by atoms with Crippen LogP contribution in [0.3, 0.4) is 0 Å². The molecular formula is C21H26N2O5S. The Hall–Kier alpha value is -2.42. The van der Waals surface area contributed by atoms with Crippen LogP contribution in [-0.4, -0.2) is 63.5 Å². The zero-order chi connectivity index (χ0) is 20.9. The smallest absolute Gasteiger partial charge is 0.338 e. The number of hydrogen-bond acceptors (Lipinski definition) is 6. The van der Waals surface area contributed by atoms with Crippen molar-refractivity contribution in [3.8, 4) is 5.75 Å². The summed E-state index contributed by atoms with van der Waals surface area (Å²) in [4.78, 5) is 14.2. The number of methoxy groups -OCH3 is 1. The fourth-order valence-corrected chi connectivity index (χ4v) is 4.71. The summed E-state index contributed by atoms with van der Waals surface area (Å²) in [7, 11) is -1.95. The second-order valence-corrected chi connectivity index (χ2v) is 8.71. The van der Waals surface area contributed by atoms with E-state index in [4.69, 9.17) is 9.47 Å². The van der Waals surface area contributed by atoms with Gasteiger partial charge in [0.1, 0.15) is 5.75 Å². The van der Waals surface area contributed by atoms with Gasteiger partial charge in [-0.2, -0.15) is 4.31 Å². The molecule has 7 nitrogen and oxygen atoms in total. The van der Waals surface area contributed by atoms with E-state index in [2.05, 4.69) is 4.90 Å². The molecule has 0 bridgehead atoms. The highest BCUT2D eigenvalue weighted by molar-refractivity contribution is 7.89. The molecule has 0 saturated carbocycles. The summed E-state index contributed by atoms with van der Waals surface area (Å²) in [5.74, 6) is 0.359. The molecule has 1 fully saturated rings. The van der Waals surface area contributed by atoms with Crippen LogP contribution in [0.4, 0.5) is 0 Å². The van der Waals surface area contributed by atoms with E-state index in [0.29, 0.717) is 31.7 Å². The summed E-state index contributed by atoms with van der Waals surface area (Å²) in [6.45, 7) is 4.90. The van der Waals surface area contributed by atoms with Gasteiger partial charge < -0.3 is 9.47 Å². The van der Waals surface area contributed by atoms with Crippen molar-refractivity contribution in [2.45, 2.75) is 18.4 Å². The highest BCUT2D eigenvalue weighted by Crippen LogP contribution is 2.20. The summed E-state index contributed by atoms with van der Waals surface area (Å²) in [5.41, 5.74) is 1.48. The Morgan fingerprint density at radius 3 is 2.34 bits per heavy atom. The minimum absolute atomic E-state index is 0.187. The lowest BCUT2D eigenvalue weighted by atomic mass is 10.2. The number of rotatable bonds is 7. The number of carbonyl (C=O) groups excluding carboxylic acids is 1. The van der Waals surface area contributed by atoms with E-state index in [-0.39, 0.29) is 11.5 Å². The molecule has 0 atom stereocenters. The molecule has 8 heteroatoms. The Kier molecular flexibility index (Phi) is 6.89. The first-order chi connectivity index (χ1) is 13.9. The van der Waals surface area contributed by atoms with Crippen LogP contribution in [-0.2, 0) is 21.3 Å². The van der Waals surface area contributed by atoms with E-state index in [0.717, 1.165) is 17.9 Å². The molecule has 1 saturated heterocycles. The van der Waals surface area contributed by atoms with Crippen LogP contribution in [0.15, 0.2) is 53.4 Å². The van der Waals surface area contributed by atoms with Gasteiger partial charge in [0.15, 0.2) is 0 Å². The molecule has 156 valence electrons. The lowest BCUT2D eigenvalue weighted by Gasteiger charge is -2.34. The van der Waals surface area contributed by atoms with Gasteiger partial charge in [-0.15, -0.1) is 0 Å². The fourth-order valence-electron chi connectivity index (χ4n) is 3.28. The highest BCUT2D eigenvalue weighted by atomic mass is 32.2. The zero-order valence-corrected chi connectivity index (χ0v) is 17.5. The normalized spacial score (nSPS) is 15.8. The number of nitrogens with zero attached hydrogens (tertiary/aromatic N) is 2. The Balaban J connectivity index is 1.61. The molecule has 0 aromatic heterocycles. The van der Waals surface area contributed by atoms with Crippen molar-refractivity contribution < 1.29 is 22.7 Å². The lowest BCUT2D eigenvalue weighted by Crippen LogP contribution is -2.48. The van der Waals surface area contributed by atoms with Gasteiger partial charge in [0.25, 0.3) is 0 Å². The molecule has 0 unspecified atom stereocenters. The zero-order valence-electron chi connectivity index (χ0n) is 16.7. The second kappa shape index (κ2) is 9.39. The van der Waals surface area contributed by atoms with Gasteiger partial charge in [-0.1, -0.05) is 12.1 Å². The average molecular weight is 419 g/mol. The summed E-state index contributed by atoms with van der Waals surface area (Å²) >= 11 is 0. The molecule has 0 spiro atoms. The predicted octanol–water partition coefficient (Wildman–Crippen LogP) is 2.38. The first-order valence-electron chi connectivity index (χ1n) is 9.56. The predicted molar refractivity (Wildman–Crippen MR) is 109 cm³/mol. The fraction of sp³-hybridized carbons (Fsp3) is 0.381. The lowest BCUT2D eigenvalue weighted by molar-refractivity contribution is 0.0526. The topological polar surface area (TPSA) is 76.2 Å². The third-order valence-corrected chi connectivity index (χ3v) is 6.79. The van der Waals surface area contributed by atoms with Crippen LogP contribution >= 0.6 is 0 Å². The van der Waals surface area contributed by atoms with Gasteiger partial charge in [0.2, 0.25) is 10.0 Å². The summed E-state index contributed by atoms with van der Waals surface area (Å²) in [6.07, 6.45) is 0. The van der Waals surface area contributed by atoms with Crippen LogP contribution in [0.2, 0.25) is 0 Å². The molecule has 3 rings (SSSR count). The van der Waals surface area contributed by atoms with Gasteiger partial charge in [-0.3, -0.25) is 4.90 Å². The maximum absolute atomic E-state index is 12.9. The molecule has 0 aliphatic carbocycles. The maximum atomic E-state index is 12.9. The number of piperazine rings is 1. The van der Waals surface area contributed by atoms with Gasteiger partial charge in [-0.05, 0) is 48.9 Å². The molecule has 2 aromatic rings. The Morgan fingerprint density at radius 2 is 1.72 bits per heavy atom. The van der Waals surface area contributed by atoms with Crippen molar-refractivity contribution in [1.82, 2.24) is 9.21 Å². The molecule has 0 amide bonds. The van der Waals surface area contributed by atoms with E-state index in [1.54, 1.807) is 14.0 Å². The summed E-state index contributed by atoms with van der Waals surface area (Å²) in [6, 6.07) is 13.8. The molecule has 29 heavy (non-hydrogen) atoms. The van der Waals surface area contributed by atoms with Crippen molar-refractivity contribution in [2.75, 3.05) is 39.9 Å². The van der Waals surface area contributed by atoms with Crippen molar-refractivity contribution >= 4 is 16.0 Å². The third kappa shape index (κ3) is 5.14. The second-order valence-electron chi connectivity index (χ2n) is 6.78. The van der Waals surface area contributed by atoms with Crippen LogP contribution in [0, 0.1) is 0 Å². The van der Waals surface area contributed by atoms with Crippen molar-refractivity contribution in [3.05, 3.63) is 59.7 Å². The number of esters is 1. The number of benzene rings is 2. The van der Waals surface area contributed by atoms with Crippen molar-refractivity contribution in [3.63, 3.8) is 0 Å². The molecule has 0 radical (unpaired) electrons. The van der Waals surface area contributed by atoms with E-state index in [1.807, 2.05) is 24.3 Å². The third-order valence-electron chi connectivity index (χ3n) is 4.87. The Labute approximate surface area is 171 Å².